The summed E-state index contributed by atoms with van der Waals surface area (Å²) >= 11 is 0. The van der Waals surface area contributed by atoms with Gasteiger partial charge in [0, 0.05) is 0 Å². The molecule has 2 nitrogen and oxygen atoms in total. The van der Waals surface area contributed by atoms with E-state index in [1.54, 1.807) is 34.2 Å². The van der Waals surface area contributed by atoms with Crippen LogP contribution in [0.4, 0.5) is 0 Å². The first-order valence-corrected chi connectivity index (χ1v) is 9.45. The third kappa shape index (κ3) is 3.94. The lowest BCUT2D eigenvalue weighted by molar-refractivity contribution is 0.116. The highest BCUT2D eigenvalue weighted by atomic mass is 28.4. The average Bonchev–Trinajstić information content (AvgIpc) is 2.41. The molecule has 0 rings (SSSR count). The Morgan fingerprint density at radius 1 is 0.588 bits per heavy atom. The van der Waals surface area contributed by atoms with Gasteiger partial charge < -0.3 is 8.85 Å². The quantitative estimate of drug-likeness (QED) is 0.445. The molecule has 0 saturated carbocycles. The van der Waals surface area contributed by atoms with Crippen LogP contribution in [-0.4, -0.2) is 23.4 Å². The van der Waals surface area contributed by atoms with E-state index in [2.05, 4.69) is 39.5 Å². The van der Waals surface area contributed by atoms with Crippen LogP contribution in [0.15, 0.2) is 73.7 Å². The van der Waals surface area contributed by atoms with Crippen LogP contribution in [0.2, 0.25) is 0 Å². The third-order valence-electron chi connectivity index (χ3n) is 2.53. The van der Waals surface area contributed by atoms with E-state index >= 15 is 0 Å². The first kappa shape index (κ1) is 15.8. The minimum Gasteiger partial charge on any atom is -0.384 e. The fourth-order valence-electron chi connectivity index (χ4n) is 1.09. The lowest BCUT2D eigenvalue weighted by Gasteiger charge is -2.25. The van der Waals surface area contributed by atoms with Gasteiger partial charge in [0.15, 0.2) is 0 Å². The summed E-state index contributed by atoms with van der Waals surface area (Å²) < 4.78 is 11.4. The topological polar surface area (TPSA) is 18.5 Å². The first-order chi connectivity index (χ1) is 8.07. The van der Waals surface area contributed by atoms with E-state index < -0.39 is 16.6 Å². The van der Waals surface area contributed by atoms with Gasteiger partial charge >= 0.3 is 0 Å². The van der Waals surface area contributed by atoms with Crippen molar-refractivity contribution in [3.05, 3.63) is 73.7 Å². The molecule has 4 heteroatoms. The first-order valence-electron chi connectivity index (χ1n) is 5.17. The summed E-state index contributed by atoms with van der Waals surface area (Å²) in [6, 6.07) is 0. The summed E-state index contributed by atoms with van der Waals surface area (Å²) in [5.74, 6) is 0. The van der Waals surface area contributed by atoms with Gasteiger partial charge in [0.25, 0.3) is 16.6 Å². The highest BCUT2D eigenvalue weighted by Crippen LogP contribution is 2.13. The van der Waals surface area contributed by atoms with Gasteiger partial charge in [0.05, 0.1) is 0 Å². The number of hydrogen-bond donors (Lipinski definition) is 0. The van der Waals surface area contributed by atoms with Gasteiger partial charge in [0.1, 0.15) is 6.79 Å². The fraction of sp³-hybridized carbons (Fsp3) is 0.0769. The average molecular weight is 264 g/mol. The van der Waals surface area contributed by atoms with Crippen LogP contribution in [0.5, 0.6) is 0 Å². The van der Waals surface area contributed by atoms with E-state index in [-0.39, 0.29) is 6.79 Å². The maximum Gasteiger partial charge on any atom is 0.267 e. The van der Waals surface area contributed by atoms with Crippen molar-refractivity contribution in [2.24, 2.45) is 0 Å². The zero-order chi connectivity index (χ0) is 13.4. The van der Waals surface area contributed by atoms with Crippen molar-refractivity contribution < 1.29 is 8.85 Å². The number of rotatable bonds is 10. The lowest BCUT2D eigenvalue weighted by Crippen LogP contribution is -2.38. The second-order valence-corrected chi connectivity index (χ2v) is 9.78. The molecule has 0 aromatic carbocycles. The molecule has 0 amide bonds. The van der Waals surface area contributed by atoms with Crippen LogP contribution >= 0.6 is 0 Å². The summed E-state index contributed by atoms with van der Waals surface area (Å²) in [4.78, 5) is 0. The Balaban J connectivity index is 4.58. The SMILES string of the molecule is C=C[Si](C=C)(C=C)OCO[Si](C=C)(C=C)C=C. The maximum absolute atomic E-state index is 5.69. The van der Waals surface area contributed by atoms with Crippen LogP contribution in [-0.2, 0) is 8.85 Å². The van der Waals surface area contributed by atoms with Crippen LogP contribution < -0.4 is 0 Å². The molecule has 0 atom stereocenters. The molecule has 0 aliphatic rings. The molecule has 0 aliphatic heterocycles. The van der Waals surface area contributed by atoms with Crippen LogP contribution in [0.1, 0.15) is 0 Å². The Kier molecular flexibility index (Phi) is 6.67. The molecule has 0 bridgehead atoms. The van der Waals surface area contributed by atoms with E-state index in [4.69, 9.17) is 8.85 Å². The summed E-state index contributed by atoms with van der Waals surface area (Å²) in [6.07, 6.45) is 0. The lowest BCUT2D eigenvalue weighted by atomic mass is 11.2. The minimum atomic E-state index is -2.27. The van der Waals surface area contributed by atoms with E-state index in [1.807, 2.05) is 0 Å². The predicted octanol–water partition coefficient (Wildman–Crippen LogP) is 3.22. The monoisotopic (exact) mass is 264 g/mol. The predicted molar refractivity (Wildman–Crippen MR) is 79.7 cm³/mol. The van der Waals surface area contributed by atoms with E-state index in [9.17, 15) is 0 Å². The third-order valence-corrected chi connectivity index (χ3v) is 7.60. The molecule has 0 saturated heterocycles. The van der Waals surface area contributed by atoms with Crippen molar-refractivity contribution in [3.8, 4) is 0 Å². The Morgan fingerprint density at radius 2 is 0.824 bits per heavy atom. The Bertz CT molecular complexity index is 259. The highest BCUT2D eigenvalue weighted by Gasteiger charge is 2.27. The molecule has 0 aromatic heterocycles. The van der Waals surface area contributed by atoms with Gasteiger partial charge in [-0.05, 0) is 0 Å². The molecule has 0 heterocycles. The van der Waals surface area contributed by atoms with Crippen molar-refractivity contribution >= 4 is 16.6 Å². The zero-order valence-corrected chi connectivity index (χ0v) is 12.2. The van der Waals surface area contributed by atoms with Gasteiger partial charge in [0.2, 0.25) is 0 Å². The molecule has 92 valence electrons. The van der Waals surface area contributed by atoms with E-state index in [1.165, 1.54) is 0 Å². The maximum atomic E-state index is 5.69. The van der Waals surface area contributed by atoms with Crippen LogP contribution in [0.25, 0.3) is 0 Å². The molecule has 0 aromatic rings. The van der Waals surface area contributed by atoms with Crippen molar-refractivity contribution in [1.82, 2.24) is 0 Å². The van der Waals surface area contributed by atoms with Gasteiger partial charge in [-0.1, -0.05) is 34.2 Å². The molecule has 0 aliphatic carbocycles. The van der Waals surface area contributed by atoms with Gasteiger partial charge in [-0.15, -0.1) is 39.5 Å². The van der Waals surface area contributed by atoms with Gasteiger partial charge in [-0.2, -0.15) is 0 Å². The standard InChI is InChI=1S/C13H20O2Si2/c1-7-16(8-2,9-3)14-13-15-17(10-4,11-5)12-6/h7-12H,1-6,13H2. The second kappa shape index (κ2) is 7.18. The second-order valence-electron chi connectivity index (χ2n) is 3.34. The fourth-order valence-corrected chi connectivity index (χ4v) is 3.44. The molecule has 0 unspecified atom stereocenters. The van der Waals surface area contributed by atoms with Crippen molar-refractivity contribution in [1.29, 1.82) is 0 Å². The summed E-state index contributed by atoms with van der Waals surface area (Å²) in [7, 11) is -4.54. The zero-order valence-electron chi connectivity index (χ0n) is 10.2. The highest BCUT2D eigenvalue weighted by molar-refractivity contribution is 6.88. The summed E-state index contributed by atoms with van der Waals surface area (Å²) in [5, 5.41) is 0. The van der Waals surface area contributed by atoms with E-state index in [0.29, 0.717) is 0 Å². The summed E-state index contributed by atoms with van der Waals surface area (Å²) in [6.45, 7) is 22.6. The molecular formula is C13H20O2Si2. The Morgan fingerprint density at radius 3 is 1.00 bits per heavy atom. The summed E-state index contributed by atoms with van der Waals surface area (Å²) in [5.41, 5.74) is 10.5. The van der Waals surface area contributed by atoms with Crippen molar-refractivity contribution in [2.45, 2.75) is 0 Å². The Labute approximate surface area is 106 Å². The molecule has 0 fully saturated rings. The largest absolute Gasteiger partial charge is 0.384 e. The van der Waals surface area contributed by atoms with Crippen LogP contribution in [0, 0.1) is 0 Å². The van der Waals surface area contributed by atoms with Crippen molar-refractivity contribution in [3.63, 3.8) is 0 Å². The number of hydrogen-bond acceptors (Lipinski definition) is 2. The molecule has 0 spiro atoms. The molecule has 0 radical (unpaired) electrons. The normalized spacial score (nSPS) is 11.3. The van der Waals surface area contributed by atoms with E-state index in [0.717, 1.165) is 0 Å². The van der Waals surface area contributed by atoms with Gasteiger partial charge in [-0.25, -0.2) is 0 Å². The Hall–Kier alpha value is -1.21. The van der Waals surface area contributed by atoms with Gasteiger partial charge in [-0.3, -0.25) is 0 Å². The minimum absolute atomic E-state index is 0.132. The smallest absolute Gasteiger partial charge is 0.267 e. The molecule has 0 N–H and O–H groups in total. The molecule has 17 heavy (non-hydrogen) atoms. The van der Waals surface area contributed by atoms with Crippen LogP contribution in [0.3, 0.4) is 0 Å². The van der Waals surface area contributed by atoms with Crippen molar-refractivity contribution in [2.75, 3.05) is 6.79 Å². The molecular weight excluding hydrogens is 244 g/mol.